The Morgan fingerprint density at radius 2 is 1.73 bits per heavy atom. The number of amides is 1. The topological polar surface area (TPSA) is 71.6 Å². The van der Waals surface area contributed by atoms with Gasteiger partial charge < -0.3 is 19.4 Å². The van der Waals surface area contributed by atoms with Crippen LogP contribution in [0, 0.1) is 13.8 Å². The molecule has 1 aliphatic heterocycles. The van der Waals surface area contributed by atoms with Gasteiger partial charge in [-0.05, 0) is 66.6 Å². The van der Waals surface area contributed by atoms with Gasteiger partial charge in [0.2, 0.25) is 5.91 Å². The summed E-state index contributed by atoms with van der Waals surface area (Å²) in [6.07, 6.45) is 0.690. The Hall–Kier alpha value is -3.28. The van der Waals surface area contributed by atoms with E-state index in [0.29, 0.717) is 30.0 Å². The van der Waals surface area contributed by atoms with Gasteiger partial charge in [-0.15, -0.1) is 0 Å². The third kappa shape index (κ3) is 3.22. The molecule has 2 heterocycles. The standard InChI is InChI=1S/C24H26N2O4/c1-13-8-14(2)22-17(9-13)10-19(24(28)25-22)23-18-12-21(30-5)20(29-4)11-16(18)6-7-26(23)15(3)27/h8-12,23H,6-7H2,1-5H3,(H,25,28). The smallest absolute Gasteiger partial charge is 0.254 e. The summed E-state index contributed by atoms with van der Waals surface area (Å²) in [6, 6.07) is 9.37. The maximum absolute atomic E-state index is 13.2. The van der Waals surface area contributed by atoms with Gasteiger partial charge in [0.15, 0.2) is 11.5 Å². The molecule has 4 rings (SSSR count). The van der Waals surface area contributed by atoms with Gasteiger partial charge in [-0.2, -0.15) is 0 Å². The molecule has 0 saturated heterocycles. The van der Waals surface area contributed by atoms with Crippen LogP contribution in [-0.2, 0) is 11.2 Å². The zero-order valence-corrected chi connectivity index (χ0v) is 18.0. The Kier molecular flexibility index (Phi) is 5.02. The first kappa shape index (κ1) is 20.0. The second-order valence-electron chi connectivity index (χ2n) is 7.87. The van der Waals surface area contributed by atoms with Crippen LogP contribution >= 0.6 is 0 Å². The lowest BCUT2D eigenvalue weighted by Gasteiger charge is -2.37. The first-order chi connectivity index (χ1) is 14.3. The van der Waals surface area contributed by atoms with Crippen molar-refractivity contribution in [2.75, 3.05) is 20.8 Å². The number of rotatable bonds is 3. The molecule has 6 nitrogen and oxygen atoms in total. The molecule has 0 saturated carbocycles. The molecule has 2 aromatic carbocycles. The van der Waals surface area contributed by atoms with Crippen molar-refractivity contribution in [2.24, 2.45) is 0 Å². The van der Waals surface area contributed by atoms with Crippen LogP contribution in [0.5, 0.6) is 11.5 Å². The van der Waals surface area contributed by atoms with Crippen molar-refractivity contribution < 1.29 is 14.3 Å². The lowest BCUT2D eigenvalue weighted by Crippen LogP contribution is -2.41. The van der Waals surface area contributed by atoms with Crippen molar-refractivity contribution in [1.82, 2.24) is 9.88 Å². The summed E-state index contributed by atoms with van der Waals surface area (Å²) in [5.41, 5.74) is 5.28. The minimum atomic E-state index is -0.486. The van der Waals surface area contributed by atoms with Gasteiger partial charge in [-0.3, -0.25) is 9.59 Å². The second kappa shape index (κ2) is 7.52. The van der Waals surface area contributed by atoms with Crippen LogP contribution < -0.4 is 15.0 Å². The lowest BCUT2D eigenvalue weighted by molar-refractivity contribution is -0.130. The number of nitrogens with one attached hydrogen (secondary N) is 1. The molecule has 156 valence electrons. The first-order valence-electron chi connectivity index (χ1n) is 10.00. The first-order valence-corrected chi connectivity index (χ1v) is 10.00. The molecule has 1 N–H and O–H groups in total. The van der Waals surface area contributed by atoms with Gasteiger partial charge in [-0.25, -0.2) is 0 Å². The predicted octanol–water partition coefficient (Wildman–Crippen LogP) is 3.66. The number of aromatic nitrogens is 1. The molecule has 30 heavy (non-hydrogen) atoms. The average Bonchev–Trinajstić information content (AvgIpc) is 2.71. The van der Waals surface area contributed by atoms with Crippen molar-refractivity contribution in [3.63, 3.8) is 0 Å². The van der Waals surface area contributed by atoms with Gasteiger partial charge in [0.25, 0.3) is 5.56 Å². The van der Waals surface area contributed by atoms with Gasteiger partial charge in [0.1, 0.15) is 0 Å². The van der Waals surface area contributed by atoms with E-state index in [1.807, 2.05) is 38.1 Å². The van der Waals surface area contributed by atoms with E-state index in [9.17, 15) is 9.59 Å². The summed E-state index contributed by atoms with van der Waals surface area (Å²) in [6.45, 7) is 6.10. The number of ether oxygens (including phenoxy) is 2. The van der Waals surface area contributed by atoms with E-state index in [2.05, 4.69) is 11.1 Å². The number of aryl methyl sites for hydroxylation is 2. The van der Waals surface area contributed by atoms with Crippen LogP contribution in [0.3, 0.4) is 0 Å². The highest BCUT2D eigenvalue weighted by Gasteiger charge is 2.33. The van der Waals surface area contributed by atoms with Crippen molar-refractivity contribution in [2.45, 2.75) is 33.2 Å². The SMILES string of the molecule is COc1cc2c(cc1OC)C(c1cc3cc(C)cc(C)c3[nH]c1=O)N(C(C)=O)CC2. The van der Waals surface area contributed by atoms with E-state index < -0.39 is 6.04 Å². The molecule has 0 aliphatic carbocycles. The van der Waals surface area contributed by atoms with E-state index >= 15 is 0 Å². The summed E-state index contributed by atoms with van der Waals surface area (Å²) in [4.78, 5) is 30.5. The molecule has 0 radical (unpaired) electrons. The fourth-order valence-corrected chi connectivity index (χ4v) is 4.53. The Labute approximate surface area is 175 Å². The number of aromatic amines is 1. The highest BCUT2D eigenvalue weighted by atomic mass is 16.5. The molecule has 6 heteroatoms. The maximum atomic E-state index is 13.2. The quantitative estimate of drug-likeness (QED) is 0.721. The molecule has 1 atom stereocenters. The fraction of sp³-hybridized carbons (Fsp3) is 0.333. The van der Waals surface area contributed by atoms with Crippen LogP contribution in [0.2, 0.25) is 0 Å². The average molecular weight is 406 g/mol. The van der Waals surface area contributed by atoms with Crippen LogP contribution in [0.25, 0.3) is 10.9 Å². The minimum Gasteiger partial charge on any atom is -0.493 e. The van der Waals surface area contributed by atoms with Gasteiger partial charge in [-0.1, -0.05) is 11.6 Å². The largest absolute Gasteiger partial charge is 0.493 e. The number of methoxy groups -OCH3 is 2. The Bertz CT molecular complexity index is 1210. The summed E-state index contributed by atoms with van der Waals surface area (Å²) in [7, 11) is 3.18. The van der Waals surface area contributed by atoms with Gasteiger partial charge in [0.05, 0.1) is 25.8 Å². The van der Waals surface area contributed by atoms with Crippen LogP contribution in [-0.4, -0.2) is 36.6 Å². The lowest BCUT2D eigenvalue weighted by atomic mass is 9.87. The van der Waals surface area contributed by atoms with Crippen LogP contribution in [0.1, 0.15) is 40.8 Å². The molecule has 1 aliphatic rings. The minimum absolute atomic E-state index is 0.0691. The number of fused-ring (bicyclic) bond motifs is 2. The van der Waals surface area contributed by atoms with Gasteiger partial charge in [0, 0.05) is 19.0 Å². The Morgan fingerprint density at radius 1 is 1.03 bits per heavy atom. The van der Waals surface area contributed by atoms with Crippen LogP contribution in [0.15, 0.2) is 35.1 Å². The molecule has 0 fully saturated rings. The van der Waals surface area contributed by atoms with Crippen LogP contribution in [0.4, 0.5) is 0 Å². The Morgan fingerprint density at radius 3 is 2.40 bits per heavy atom. The fourth-order valence-electron chi connectivity index (χ4n) is 4.53. The van der Waals surface area contributed by atoms with Crippen molar-refractivity contribution in [3.05, 3.63) is 68.5 Å². The zero-order chi connectivity index (χ0) is 21.6. The highest BCUT2D eigenvalue weighted by Crippen LogP contribution is 2.40. The number of H-pyrrole nitrogens is 1. The maximum Gasteiger partial charge on any atom is 0.254 e. The van der Waals surface area contributed by atoms with Gasteiger partial charge >= 0.3 is 0 Å². The molecule has 0 bridgehead atoms. The molecule has 3 aromatic rings. The zero-order valence-electron chi connectivity index (χ0n) is 18.0. The summed E-state index contributed by atoms with van der Waals surface area (Å²) in [5, 5.41) is 0.957. The Balaban J connectivity index is 1.99. The number of benzene rings is 2. The van der Waals surface area contributed by atoms with E-state index in [0.717, 1.165) is 33.2 Å². The molecule has 1 unspecified atom stereocenters. The number of pyridine rings is 1. The number of hydrogen-bond donors (Lipinski definition) is 1. The highest BCUT2D eigenvalue weighted by molar-refractivity contribution is 5.83. The van der Waals surface area contributed by atoms with Crippen molar-refractivity contribution >= 4 is 16.8 Å². The normalized spacial score (nSPS) is 15.8. The van der Waals surface area contributed by atoms with E-state index in [1.54, 1.807) is 26.0 Å². The summed E-state index contributed by atoms with van der Waals surface area (Å²) >= 11 is 0. The molecule has 1 aromatic heterocycles. The third-order valence-corrected chi connectivity index (χ3v) is 5.89. The second-order valence-corrected chi connectivity index (χ2v) is 7.87. The van der Waals surface area contributed by atoms with E-state index in [-0.39, 0.29) is 11.5 Å². The molecular formula is C24H26N2O4. The third-order valence-electron chi connectivity index (χ3n) is 5.89. The monoisotopic (exact) mass is 406 g/mol. The number of nitrogens with zero attached hydrogens (tertiary/aromatic N) is 1. The summed E-state index contributed by atoms with van der Waals surface area (Å²) in [5.74, 6) is 1.15. The van der Waals surface area contributed by atoms with E-state index in [1.165, 1.54) is 0 Å². The number of carbonyl (C=O) groups excluding carboxylic acids is 1. The molecule has 0 spiro atoms. The predicted molar refractivity (Wildman–Crippen MR) is 117 cm³/mol. The summed E-state index contributed by atoms with van der Waals surface area (Å²) < 4.78 is 11.0. The van der Waals surface area contributed by atoms with Crippen molar-refractivity contribution in [1.29, 1.82) is 0 Å². The number of hydrogen-bond acceptors (Lipinski definition) is 4. The van der Waals surface area contributed by atoms with Crippen molar-refractivity contribution in [3.8, 4) is 11.5 Å². The molecular weight excluding hydrogens is 380 g/mol. The molecule has 1 amide bonds. The number of carbonyl (C=O) groups is 1. The van der Waals surface area contributed by atoms with E-state index in [4.69, 9.17) is 9.47 Å².